The molecule has 0 aliphatic heterocycles. The molecule has 0 atom stereocenters. The quantitative estimate of drug-likeness (QED) is 0.698. The van der Waals surface area contributed by atoms with Crippen LogP contribution in [0.4, 0.5) is 11.6 Å². The summed E-state index contributed by atoms with van der Waals surface area (Å²) in [5.74, 6) is 1.11. The van der Waals surface area contributed by atoms with E-state index < -0.39 is 11.4 Å². The van der Waals surface area contributed by atoms with Crippen LogP contribution in [0.2, 0.25) is 0 Å². The van der Waals surface area contributed by atoms with E-state index in [0.29, 0.717) is 17.5 Å². The van der Waals surface area contributed by atoms with Gasteiger partial charge in [0.05, 0.1) is 0 Å². The third-order valence-electron chi connectivity index (χ3n) is 2.32. The molecule has 1 amide bonds. The lowest BCUT2D eigenvalue weighted by molar-refractivity contribution is -0.121. The Labute approximate surface area is 101 Å². The number of carbonyl (C=O) groups excluding carboxylic acids is 1. The topological polar surface area (TPSA) is 107 Å². The lowest BCUT2D eigenvalue weighted by Crippen LogP contribution is -2.45. The molecule has 5 N–H and O–H groups in total. The second kappa shape index (κ2) is 4.99. The number of aryl methyl sites for hydroxylation is 1. The maximum absolute atomic E-state index is 11.2. The van der Waals surface area contributed by atoms with Gasteiger partial charge in [-0.3, -0.25) is 4.79 Å². The van der Waals surface area contributed by atoms with Crippen LogP contribution in [0.3, 0.4) is 0 Å². The molecule has 0 bridgehead atoms. The zero-order valence-electron chi connectivity index (χ0n) is 10.4. The lowest BCUT2D eigenvalue weighted by atomic mass is 10.1. The van der Waals surface area contributed by atoms with Gasteiger partial charge in [-0.25, -0.2) is 9.97 Å². The van der Waals surface area contributed by atoms with Gasteiger partial charge in [-0.15, -0.1) is 0 Å². The summed E-state index contributed by atoms with van der Waals surface area (Å²) >= 11 is 0. The molecule has 17 heavy (non-hydrogen) atoms. The first kappa shape index (κ1) is 13.2. The summed E-state index contributed by atoms with van der Waals surface area (Å²) in [5, 5.41) is 2.95. The normalized spacial score (nSPS) is 11.2. The van der Waals surface area contributed by atoms with Crippen LogP contribution in [0.1, 0.15) is 33.0 Å². The summed E-state index contributed by atoms with van der Waals surface area (Å²) in [4.78, 5) is 19.6. The largest absolute Gasteiger partial charge is 0.384 e. The van der Waals surface area contributed by atoms with E-state index in [9.17, 15) is 4.79 Å². The van der Waals surface area contributed by atoms with Gasteiger partial charge in [0.25, 0.3) is 0 Å². The van der Waals surface area contributed by atoms with Crippen LogP contribution in [0.25, 0.3) is 0 Å². The minimum atomic E-state index is -0.871. The standard InChI is InChI=1S/C11H19N5O/c1-4-5-8-14-7(12)6-9(15-8)16-11(2,3)10(13)17/h6H,4-5H2,1-3H3,(H2,13,17)(H3,12,14,15,16). The average Bonchev–Trinajstić information content (AvgIpc) is 2.15. The highest BCUT2D eigenvalue weighted by Gasteiger charge is 2.25. The van der Waals surface area contributed by atoms with Gasteiger partial charge in [-0.2, -0.15) is 0 Å². The molecule has 0 saturated heterocycles. The summed E-state index contributed by atoms with van der Waals surface area (Å²) in [7, 11) is 0. The van der Waals surface area contributed by atoms with E-state index in [-0.39, 0.29) is 0 Å². The highest BCUT2D eigenvalue weighted by Crippen LogP contribution is 2.15. The molecule has 1 heterocycles. The van der Waals surface area contributed by atoms with Crippen LogP contribution in [-0.4, -0.2) is 21.4 Å². The highest BCUT2D eigenvalue weighted by atomic mass is 16.1. The van der Waals surface area contributed by atoms with Crippen LogP contribution >= 0.6 is 0 Å². The van der Waals surface area contributed by atoms with Crippen molar-refractivity contribution >= 4 is 17.5 Å². The van der Waals surface area contributed by atoms with Crippen molar-refractivity contribution in [3.63, 3.8) is 0 Å². The van der Waals surface area contributed by atoms with Crippen LogP contribution in [0.5, 0.6) is 0 Å². The van der Waals surface area contributed by atoms with Gasteiger partial charge in [0.1, 0.15) is 23.0 Å². The van der Waals surface area contributed by atoms with Crippen LogP contribution in [0.15, 0.2) is 6.07 Å². The molecule has 1 rings (SSSR count). The Morgan fingerprint density at radius 1 is 1.47 bits per heavy atom. The van der Waals surface area contributed by atoms with Gasteiger partial charge >= 0.3 is 0 Å². The molecule has 1 aromatic heterocycles. The number of carbonyl (C=O) groups is 1. The maximum Gasteiger partial charge on any atom is 0.242 e. The van der Waals surface area contributed by atoms with Gasteiger partial charge in [-0.05, 0) is 20.3 Å². The first-order chi connectivity index (χ1) is 7.85. The number of rotatable bonds is 5. The predicted molar refractivity (Wildman–Crippen MR) is 67.3 cm³/mol. The number of primary amides is 1. The van der Waals surface area contributed by atoms with E-state index in [2.05, 4.69) is 15.3 Å². The summed E-state index contributed by atoms with van der Waals surface area (Å²) in [6.45, 7) is 5.41. The Morgan fingerprint density at radius 3 is 2.65 bits per heavy atom. The van der Waals surface area contributed by atoms with E-state index in [1.165, 1.54) is 0 Å². The van der Waals surface area contributed by atoms with E-state index >= 15 is 0 Å². The van der Waals surface area contributed by atoms with Gasteiger partial charge in [0.15, 0.2) is 0 Å². The second-order valence-electron chi connectivity index (χ2n) is 4.46. The average molecular weight is 237 g/mol. The van der Waals surface area contributed by atoms with Crippen molar-refractivity contribution in [2.24, 2.45) is 5.73 Å². The fraction of sp³-hybridized carbons (Fsp3) is 0.545. The number of amides is 1. The molecule has 6 nitrogen and oxygen atoms in total. The molecule has 0 unspecified atom stereocenters. The van der Waals surface area contributed by atoms with Gasteiger partial charge < -0.3 is 16.8 Å². The summed E-state index contributed by atoms with van der Waals surface area (Å²) < 4.78 is 0. The molecule has 0 aromatic carbocycles. The minimum Gasteiger partial charge on any atom is -0.384 e. The van der Waals surface area contributed by atoms with E-state index in [1.807, 2.05) is 6.92 Å². The number of hydrogen-bond acceptors (Lipinski definition) is 5. The summed E-state index contributed by atoms with van der Waals surface area (Å²) in [6, 6.07) is 1.59. The van der Waals surface area contributed by atoms with Crippen molar-refractivity contribution in [1.82, 2.24) is 9.97 Å². The van der Waals surface area contributed by atoms with E-state index in [0.717, 1.165) is 12.8 Å². The number of nitrogens with one attached hydrogen (secondary N) is 1. The molecule has 0 spiro atoms. The monoisotopic (exact) mass is 237 g/mol. The second-order valence-corrected chi connectivity index (χ2v) is 4.46. The van der Waals surface area contributed by atoms with Crippen LogP contribution in [0, 0.1) is 0 Å². The number of nitrogen functional groups attached to an aromatic ring is 1. The molecular weight excluding hydrogens is 218 g/mol. The van der Waals surface area contributed by atoms with Crippen LogP contribution in [-0.2, 0) is 11.2 Å². The molecule has 6 heteroatoms. The Hall–Kier alpha value is -1.85. The number of nitrogens with two attached hydrogens (primary N) is 2. The first-order valence-electron chi connectivity index (χ1n) is 5.56. The SMILES string of the molecule is CCCc1nc(N)cc(NC(C)(C)C(N)=O)n1. The zero-order valence-corrected chi connectivity index (χ0v) is 10.4. The fourth-order valence-electron chi connectivity index (χ4n) is 1.30. The Kier molecular flexibility index (Phi) is 3.88. The molecule has 0 saturated carbocycles. The van der Waals surface area contributed by atoms with Crippen molar-refractivity contribution in [2.75, 3.05) is 11.1 Å². The first-order valence-corrected chi connectivity index (χ1v) is 5.56. The van der Waals surface area contributed by atoms with E-state index in [1.54, 1.807) is 19.9 Å². The molecule has 0 radical (unpaired) electrons. The summed E-state index contributed by atoms with van der Waals surface area (Å²) in [5.41, 5.74) is 10.1. The van der Waals surface area contributed by atoms with Gasteiger partial charge in [-0.1, -0.05) is 6.92 Å². The molecular formula is C11H19N5O. The number of anilines is 2. The molecule has 0 aliphatic rings. The summed E-state index contributed by atoms with van der Waals surface area (Å²) in [6.07, 6.45) is 1.68. The smallest absolute Gasteiger partial charge is 0.242 e. The fourth-order valence-corrected chi connectivity index (χ4v) is 1.30. The molecule has 1 aromatic rings. The van der Waals surface area contributed by atoms with Gasteiger partial charge in [0.2, 0.25) is 5.91 Å². The zero-order chi connectivity index (χ0) is 13.1. The third kappa shape index (κ3) is 3.58. The van der Waals surface area contributed by atoms with E-state index in [4.69, 9.17) is 11.5 Å². The molecule has 0 aliphatic carbocycles. The van der Waals surface area contributed by atoms with Crippen molar-refractivity contribution in [3.05, 3.63) is 11.9 Å². The van der Waals surface area contributed by atoms with Gasteiger partial charge in [0, 0.05) is 12.5 Å². The minimum absolute atomic E-state index is 0.381. The van der Waals surface area contributed by atoms with Crippen molar-refractivity contribution in [2.45, 2.75) is 39.2 Å². The van der Waals surface area contributed by atoms with Crippen molar-refractivity contribution in [1.29, 1.82) is 0 Å². The van der Waals surface area contributed by atoms with Crippen molar-refractivity contribution in [3.8, 4) is 0 Å². The Morgan fingerprint density at radius 2 is 2.12 bits per heavy atom. The lowest BCUT2D eigenvalue weighted by Gasteiger charge is -2.23. The third-order valence-corrected chi connectivity index (χ3v) is 2.32. The number of hydrogen-bond donors (Lipinski definition) is 3. The Bertz CT molecular complexity index is 416. The molecule has 94 valence electrons. The predicted octanol–water partition coefficient (Wildman–Crippen LogP) is 0.687. The highest BCUT2D eigenvalue weighted by molar-refractivity contribution is 5.86. The maximum atomic E-state index is 11.2. The number of nitrogens with zero attached hydrogens (tertiary/aromatic N) is 2. The van der Waals surface area contributed by atoms with Crippen LogP contribution < -0.4 is 16.8 Å². The van der Waals surface area contributed by atoms with Crippen molar-refractivity contribution < 1.29 is 4.79 Å². The number of aromatic nitrogens is 2. The molecule has 0 fully saturated rings. The Balaban J connectivity index is 2.95.